The number of hydrogen-bond acceptors (Lipinski definition) is 2. The van der Waals surface area contributed by atoms with Gasteiger partial charge in [-0.1, -0.05) is 32.0 Å². The molecule has 0 aliphatic rings. The van der Waals surface area contributed by atoms with Gasteiger partial charge in [0.25, 0.3) is 5.91 Å². The first-order chi connectivity index (χ1) is 7.84. The molecule has 0 saturated heterocycles. The van der Waals surface area contributed by atoms with Gasteiger partial charge < -0.3 is 10.1 Å². The summed E-state index contributed by atoms with van der Waals surface area (Å²) >= 11 is 0. The number of amides is 1. The van der Waals surface area contributed by atoms with Crippen LogP contribution >= 0.6 is 0 Å². The van der Waals surface area contributed by atoms with E-state index in [1.807, 2.05) is 32.0 Å². The molecular formula is C13H23NO2. The van der Waals surface area contributed by atoms with Crippen molar-refractivity contribution in [1.29, 1.82) is 0 Å². The zero-order chi connectivity index (χ0) is 12.2. The molecule has 3 heteroatoms. The normalized spacial score (nSPS) is 8.94. The molecule has 0 aromatic heterocycles. The molecule has 1 rings (SSSR count). The summed E-state index contributed by atoms with van der Waals surface area (Å²) in [5.41, 5.74) is 0.699. The Bertz CT molecular complexity index is 278. The minimum Gasteiger partial charge on any atom is -0.385 e. The van der Waals surface area contributed by atoms with E-state index in [1.54, 1.807) is 19.2 Å². The van der Waals surface area contributed by atoms with Gasteiger partial charge in [-0.3, -0.25) is 4.79 Å². The molecule has 1 N–H and O–H groups in total. The number of ether oxygens (including phenoxy) is 1. The van der Waals surface area contributed by atoms with Crippen molar-refractivity contribution < 1.29 is 11.0 Å². The number of carbonyl (C=O) groups excluding carboxylic acids is 1. The molecule has 0 saturated carbocycles. The molecule has 1 amide bonds. The molecule has 0 aliphatic heterocycles. The molecular weight excluding hydrogens is 202 g/mol. The first-order valence-electron chi connectivity index (χ1n) is 5.67. The monoisotopic (exact) mass is 225 g/mol. The number of hydrogen-bond donors (Lipinski definition) is 1. The van der Waals surface area contributed by atoms with Gasteiger partial charge in [-0.2, -0.15) is 0 Å². The van der Waals surface area contributed by atoms with Crippen molar-refractivity contribution in [3.8, 4) is 0 Å². The molecule has 0 unspecified atom stereocenters. The van der Waals surface area contributed by atoms with E-state index in [9.17, 15) is 4.79 Å². The van der Waals surface area contributed by atoms with Crippen LogP contribution in [0.1, 0.15) is 32.1 Å². The Morgan fingerprint density at radius 1 is 1.31 bits per heavy atom. The fraction of sp³-hybridized carbons (Fsp3) is 0.462. The van der Waals surface area contributed by atoms with Crippen LogP contribution in [-0.4, -0.2) is 26.2 Å². The van der Waals surface area contributed by atoms with Crippen LogP contribution in [0.2, 0.25) is 0 Å². The smallest absolute Gasteiger partial charge is 0.251 e. The Kier molecular flexibility index (Phi) is 9.32. The lowest BCUT2D eigenvalue weighted by Crippen LogP contribution is -2.25. The van der Waals surface area contributed by atoms with Crippen LogP contribution < -0.4 is 5.32 Å². The maximum absolute atomic E-state index is 11.5. The number of rotatable bonds is 5. The molecule has 0 bridgehead atoms. The molecule has 0 atom stereocenters. The second-order valence-electron chi connectivity index (χ2n) is 2.97. The van der Waals surface area contributed by atoms with Gasteiger partial charge in [-0.05, 0) is 18.6 Å². The van der Waals surface area contributed by atoms with Gasteiger partial charge in [0.15, 0.2) is 0 Å². The minimum atomic E-state index is -0.0262. The largest absolute Gasteiger partial charge is 0.385 e. The van der Waals surface area contributed by atoms with Crippen LogP contribution in [0.4, 0.5) is 0 Å². The average Bonchev–Trinajstić information content (AvgIpc) is 2.38. The van der Waals surface area contributed by atoms with Crippen LogP contribution in [0, 0.1) is 0 Å². The summed E-state index contributed by atoms with van der Waals surface area (Å²) in [6.45, 7) is 5.33. The highest BCUT2D eigenvalue weighted by atomic mass is 16.5. The first kappa shape index (κ1) is 14.6. The topological polar surface area (TPSA) is 38.3 Å². The van der Waals surface area contributed by atoms with Gasteiger partial charge in [0.05, 0.1) is 0 Å². The van der Waals surface area contributed by atoms with Crippen molar-refractivity contribution >= 4 is 5.91 Å². The number of carbonyl (C=O) groups is 1. The van der Waals surface area contributed by atoms with Crippen LogP contribution in [0.25, 0.3) is 0 Å². The van der Waals surface area contributed by atoms with Gasteiger partial charge in [-0.25, -0.2) is 0 Å². The van der Waals surface area contributed by atoms with Crippen molar-refractivity contribution in [2.75, 3.05) is 20.3 Å². The summed E-state index contributed by atoms with van der Waals surface area (Å²) < 4.78 is 4.88. The summed E-state index contributed by atoms with van der Waals surface area (Å²) in [4.78, 5) is 11.5. The summed E-state index contributed by atoms with van der Waals surface area (Å²) in [6, 6.07) is 9.19. The molecule has 0 aliphatic carbocycles. The van der Waals surface area contributed by atoms with Crippen molar-refractivity contribution in [2.24, 2.45) is 0 Å². The van der Waals surface area contributed by atoms with E-state index in [4.69, 9.17) is 4.74 Å². The predicted octanol–water partition coefficient (Wildman–Crippen LogP) is 2.73. The highest BCUT2D eigenvalue weighted by Gasteiger charge is 2.01. The van der Waals surface area contributed by atoms with Crippen LogP contribution in [0.3, 0.4) is 0 Å². The van der Waals surface area contributed by atoms with E-state index in [-0.39, 0.29) is 7.33 Å². The number of methoxy groups -OCH3 is 1. The van der Waals surface area contributed by atoms with Gasteiger partial charge >= 0.3 is 0 Å². The first-order valence-corrected chi connectivity index (χ1v) is 5.67. The quantitative estimate of drug-likeness (QED) is 0.782. The molecule has 3 nitrogen and oxygen atoms in total. The average molecular weight is 225 g/mol. The lowest BCUT2D eigenvalue weighted by Gasteiger charge is -2.03. The van der Waals surface area contributed by atoms with Gasteiger partial charge in [-0.15, -0.1) is 0 Å². The Morgan fingerprint density at radius 3 is 2.50 bits per heavy atom. The molecule has 92 valence electrons. The lowest BCUT2D eigenvalue weighted by atomic mass is 10.2. The maximum atomic E-state index is 11.5. The third-order valence-electron chi connectivity index (χ3n) is 1.85. The SMILES string of the molecule is CC.COCCCNC(=O)c1ccccc1.[HH]. The molecule has 1 aromatic rings. The van der Waals surface area contributed by atoms with Crippen LogP contribution in [-0.2, 0) is 4.74 Å². The molecule has 16 heavy (non-hydrogen) atoms. The minimum absolute atomic E-state index is 0. The molecule has 1 aromatic carbocycles. The zero-order valence-corrected chi connectivity index (χ0v) is 10.3. The van der Waals surface area contributed by atoms with Crippen molar-refractivity contribution in [1.82, 2.24) is 5.32 Å². The molecule has 0 spiro atoms. The number of benzene rings is 1. The standard InChI is InChI=1S/C11H15NO2.C2H6.H2/c1-14-9-5-8-12-11(13)10-6-3-2-4-7-10;1-2;/h2-4,6-7H,5,8-9H2,1H3,(H,12,13);1-2H3;1H. The van der Waals surface area contributed by atoms with E-state index in [1.165, 1.54) is 0 Å². The highest BCUT2D eigenvalue weighted by molar-refractivity contribution is 5.94. The third-order valence-corrected chi connectivity index (χ3v) is 1.85. The summed E-state index contributed by atoms with van der Waals surface area (Å²) in [6.07, 6.45) is 0.842. The van der Waals surface area contributed by atoms with Crippen molar-refractivity contribution in [3.63, 3.8) is 0 Å². The Hall–Kier alpha value is -1.35. The van der Waals surface area contributed by atoms with Crippen LogP contribution in [0.5, 0.6) is 0 Å². The lowest BCUT2D eigenvalue weighted by molar-refractivity contribution is 0.0948. The third kappa shape index (κ3) is 6.19. The van der Waals surface area contributed by atoms with E-state index in [0.29, 0.717) is 18.7 Å². The van der Waals surface area contributed by atoms with Crippen molar-refractivity contribution in [3.05, 3.63) is 35.9 Å². The molecule has 0 radical (unpaired) electrons. The fourth-order valence-corrected chi connectivity index (χ4v) is 1.11. The number of nitrogens with one attached hydrogen (secondary N) is 1. The Morgan fingerprint density at radius 2 is 1.94 bits per heavy atom. The zero-order valence-electron chi connectivity index (χ0n) is 10.3. The van der Waals surface area contributed by atoms with Crippen molar-refractivity contribution in [2.45, 2.75) is 20.3 Å². The summed E-state index contributed by atoms with van der Waals surface area (Å²) in [5.74, 6) is -0.0262. The fourth-order valence-electron chi connectivity index (χ4n) is 1.11. The van der Waals surface area contributed by atoms with E-state index >= 15 is 0 Å². The van der Waals surface area contributed by atoms with Gasteiger partial charge in [0, 0.05) is 27.3 Å². The summed E-state index contributed by atoms with van der Waals surface area (Å²) in [7, 11) is 1.65. The maximum Gasteiger partial charge on any atom is 0.251 e. The van der Waals surface area contributed by atoms with Gasteiger partial charge in [0.1, 0.15) is 0 Å². The van der Waals surface area contributed by atoms with Gasteiger partial charge in [0.2, 0.25) is 0 Å². The second kappa shape index (κ2) is 10.2. The second-order valence-corrected chi connectivity index (χ2v) is 2.97. The van der Waals surface area contributed by atoms with E-state index < -0.39 is 0 Å². The van der Waals surface area contributed by atoms with E-state index in [0.717, 1.165) is 6.42 Å². The predicted molar refractivity (Wildman–Crippen MR) is 68.7 cm³/mol. The Labute approximate surface area is 99.3 Å². The Balaban J connectivity index is 0. The highest BCUT2D eigenvalue weighted by Crippen LogP contribution is 1.97. The van der Waals surface area contributed by atoms with Crippen LogP contribution in [0.15, 0.2) is 30.3 Å². The molecule has 0 heterocycles. The van der Waals surface area contributed by atoms with E-state index in [2.05, 4.69) is 5.32 Å². The summed E-state index contributed by atoms with van der Waals surface area (Å²) in [5, 5.41) is 2.81. The molecule has 0 fully saturated rings.